The van der Waals surface area contributed by atoms with Crippen LogP contribution in [0, 0.1) is 0 Å². The molecule has 0 saturated carbocycles. The van der Waals surface area contributed by atoms with E-state index >= 15 is 0 Å². The van der Waals surface area contributed by atoms with Crippen LogP contribution in [-0.4, -0.2) is 31.2 Å². The zero-order chi connectivity index (χ0) is 16.1. The van der Waals surface area contributed by atoms with Gasteiger partial charge in [0, 0.05) is 29.9 Å². The van der Waals surface area contributed by atoms with Crippen LogP contribution >= 0.6 is 23.5 Å². The number of aryl methyl sites for hydroxylation is 1. The monoisotopic (exact) mass is 348 g/mol. The lowest BCUT2D eigenvalue weighted by Gasteiger charge is -2.28. The summed E-state index contributed by atoms with van der Waals surface area (Å²) < 4.78 is 8.01. The third-order valence-corrected chi connectivity index (χ3v) is 7.72. The van der Waals surface area contributed by atoms with Gasteiger partial charge in [0.25, 0.3) is 0 Å². The smallest absolute Gasteiger partial charge is 0.119 e. The molecular weight excluding hydrogens is 324 g/mol. The Morgan fingerprint density at radius 1 is 1.35 bits per heavy atom. The molecule has 23 heavy (non-hydrogen) atoms. The molecule has 0 N–H and O–H groups in total. The maximum absolute atomic E-state index is 5.52. The van der Waals surface area contributed by atoms with Gasteiger partial charge >= 0.3 is 0 Å². The van der Waals surface area contributed by atoms with Crippen molar-refractivity contribution in [2.24, 2.45) is 0 Å². The van der Waals surface area contributed by atoms with Crippen molar-refractivity contribution in [3.63, 3.8) is 0 Å². The molecule has 1 aliphatic rings. The fraction of sp³-hybridized carbons (Fsp3) is 0.500. The van der Waals surface area contributed by atoms with E-state index in [0.717, 1.165) is 30.6 Å². The predicted octanol–water partition coefficient (Wildman–Crippen LogP) is 4.48. The summed E-state index contributed by atoms with van der Waals surface area (Å²) in [6.07, 6.45) is 8.16. The summed E-state index contributed by atoms with van der Waals surface area (Å²) in [6.45, 7) is 6.11. The van der Waals surface area contributed by atoms with E-state index in [1.807, 2.05) is 19.4 Å². The Morgan fingerprint density at radius 3 is 2.78 bits per heavy atom. The van der Waals surface area contributed by atoms with Gasteiger partial charge < -0.3 is 9.30 Å². The standard InChI is InChI=1S/C18H24N2OS2/c1-3-21-17-6-4-16(5-7-17)8-9-18(22-12-15(2)23-18)13-20-11-10-19-14-20/h4-7,10-11,14-15H,3,8-9,12-13H2,1-2H3. The van der Waals surface area contributed by atoms with Gasteiger partial charge in [-0.1, -0.05) is 19.1 Å². The summed E-state index contributed by atoms with van der Waals surface area (Å²) in [5.41, 5.74) is 1.39. The van der Waals surface area contributed by atoms with Crippen molar-refractivity contribution in [2.45, 2.75) is 42.6 Å². The molecule has 1 aliphatic heterocycles. The highest BCUT2D eigenvalue weighted by molar-refractivity contribution is 8.21. The van der Waals surface area contributed by atoms with E-state index in [2.05, 4.69) is 70.5 Å². The van der Waals surface area contributed by atoms with Crippen LogP contribution in [0.4, 0.5) is 0 Å². The summed E-state index contributed by atoms with van der Waals surface area (Å²) in [5.74, 6) is 2.20. The van der Waals surface area contributed by atoms with Crippen LogP contribution in [-0.2, 0) is 13.0 Å². The van der Waals surface area contributed by atoms with E-state index < -0.39 is 0 Å². The fourth-order valence-electron chi connectivity index (χ4n) is 2.91. The lowest BCUT2D eigenvalue weighted by atomic mass is 10.1. The third kappa shape index (κ3) is 4.48. The first-order chi connectivity index (χ1) is 11.2. The Bertz CT molecular complexity index is 600. The normalized spacial score (nSPS) is 24.0. The van der Waals surface area contributed by atoms with Crippen molar-refractivity contribution in [2.75, 3.05) is 12.4 Å². The molecule has 1 aromatic heterocycles. The molecule has 124 valence electrons. The molecule has 5 heteroatoms. The first-order valence-corrected chi connectivity index (χ1v) is 10.0. The van der Waals surface area contributed by atoms with Gasteiger partial charge in [0.15, 0.2) is 0 Å². The van der Waals surface area contributed by atoms with E-state index in [-0.39, 0.29) is 4.08 Å². The number of aromatic nitrogens is 2. The summed E-state index contributed by atoms with van der Waals surface area (Å²) in [4.78, 5) is 4.19. The highest BCUT2D eigenvalue weighted by atomic mass is 32.2. The van der Waals surface area contributed by atoms with Gasteiger partial charge in [-0.05, 0) is 37.5 Å². The van der Waals surface area contributed by atoms with E-state index in [0.29, 0.717) is 0 Å². The van der Waals surface area contributed by atoms with Gasteiger partial charge in [0.05, 0.1) is 17.0 Å². The molecular formula is C18H24N2OS2. The predicted molar refractivity (Wildman–Crippen MR) is 100 cm³/mol. The fourth-order valence-corrected chi connectivity index (χ4v) is 6.56. The highest BCUT2D eigenvalue weighted by Crippen LogP contribution is 2.51. The Labute approximate surface area is 147 Å². The van der Waals surface area contributed by atoms with Crippen molar-refractivity contribution in [1.82, 2.24) is 9.55 Å². The Morgan fingerprint density at radius 2 is 2.17 bits per heavy atom. The van der Waals surface area contributed by atoms with Crippen molar-refractivity contribution in [3.8, 4) is 5.75 Å². The molecule has 2 unspecified atom stereocenters. The molecule has 2 aromatic rings. The molecule has 2 atom stereocenters. The SMILES string of the molecule is CCOc1ccc(CCC2(Cn3ccnc3)SCC(C)S2)cc1. The number of rotatable bonds is 7. The zero-order valence-electron chi connectivity index (χ0n) is 13.8. The third-order valence-electron chi connectivity index (χ3n) is 4.01. The molecule has 0 bridgehead atoms. The van der Waals surface area contributed by atoms with Crippen molar-refractivity contribution < 1.29 is 4.74 Å². The molecule has 2 heterocycles. The van der Waals surface area contributed by atoms with Gasteiger partial charge in [-0.2, -0.15) is 0 Å². The molecule has 0 aliphatic carbocycles. The summed E-state index contributed by atoms with van der Waals surface area (Å²) in [7, 11) is 0. The van der Waals surface area contributed by atoms with Crippen LogP contribution in [0.3, 0.4) is 0 Å². The number of imidazole rings is 1. The van der Waals surface area contributed by atoms with Gasteiger partial charge in [0.2, 0.25) is 0 Å². The van der Waals surface area contributed by atoms with Crippen LogP contribution in [0.15, 0.2) is 43.0 Å². The van der Waals surface area contributed by atoms with E-state index in [1.54, 1.807) is 0 Å². The minimum atomic E-state index is 0.263. The number of benzene rings is 1. The van der Waals surface area contributed by atoms with Gasteiger partial charge in [0.1, 0.15) is 5.75 Å². The lowest BCUT2D eigenvalue weighted by Crippen LogP contribution is -2.25. The van der Waals surface area contributed by atoms with Crippen molar-refractivity contribution in [3.05, 3.63) is 48.5 Å². The topological polar surface area (TPSA) is 27.1 Å². The highest BCUT2D eigenvalue weighted by Gasteiger charge is 2.39. The van der Waals surface area contributed by atoms with Crippen molar-refractivity contribution in [1.29, 1.82) is 0 Å². The zero-order valence-corrected chi connectivity index (χ0v) is 15.4. The van der Waals surface area contributed by atoms with Gasteiger partial charge in [-0.15, -0.1) is 23.5 Å². The molecule has 1 fully saturated rings. The second-order valence-electron chi connectivity index (χ2n) is 5.96. The van der Waals surface area contributed by atoms with Crippen LogP contribution in [0.1, 0.15) is 25.8 Å². The van der Waals surface area contributed by atoms with Crippen LogP contribution in [0.5, 0.6) is 5.75 Å². The number of ether oxygens (including phenoxy) is 1. The second-order valence-corrected chi connectivity index (χ2v) is 9.45. The van der Waals surface area contributed by atoms with Crippen LogP contribution < -0.4 is 4.74 Å². The van der Waals surface area contributed by atoms with E-state index in [1.165, 1.54) is 17.7 Å². The lowest BCUT2D eigenvalue weighted by molar-refractivity contribution is 0.340. The molecule has 0 spiro atoms. The van der Waals surface area contributed by atoms with Gasteiger partial charge in [-0.25, -0.2) is 4.98 Å². The molecule has 0 amide bonds. The molecule has 0 radical (unpaired) electrons. The first-order valence-electron chi connectivity index (χ1n) is 8.18. The van der Waals surface area contributed by atoms with E-state index in [9.17, 15) is 0 Å². The largest absolute Gasteiger partial charge is 0.494 e. The number of hydrogen-bond donors (Lipinski definition) is 0. The van der Waals surface area contributed by atoms with Crippen LogP contribution in [0.2, 0.25) is 0 Å². The molecule has 1 aromatic carbocycles. The van der Waals surface area contributed by atoms with Crippen LogP contribution in [0.25, 0.3) is 0 Å². The van der Waals surface area contributed by atoms with E-state index in [4.69, 9.17) is 4.74 Å². The Balaban J connectivity index is 1.64. The Kier molecular flexibility index (Phi) is 5.59. The summed E-state index contributed by atoms with van der Waals surface area (Å²) >= 11 is 4.25. The average molecular weight is 349 g/mol. The average Bonchev–Trinajstić information content (AvgIpc) is 3.18. The quantitative estimate of drug-likeness (QED) is 0.737. The number of thioether (sulfide) groups is 2. The molecule has 3 nitrogen and oxygen atoms in total. The maximum atomic E-state index is 5.52. The van der Waals surface area contributed by atoms with Gasteiger partial charge in [-0.3, -0.25) is 0 Å². The minimum Gasteiger partial charge on any atom is -0.494 e. The Hall–Kier alpha value is -1.07. The number of nitrogens with zero attached hydrogens (tertiary/aromatic N) is 2. The molecule has 3 rings (SSSR count). The summed E-state index contributed by atoms with van der Waals surface area (Å²) in [6, 6.07) is 8.56. The summed E-state index contributed by atoms with van der Waals surface area (Å²) in [5, 5.41) is 0.726. The minimum absolute atomic E-state index is 0.263. The number of hydrogen-bond acceptors (Lipinski definition) is 4. The van der Waals surface area contributed by atoms with Crippen molar-refractivity contribution >= 4 is 23.5 Å². The second kappa shape index (κ2) is 7.67. The molecule has 1 saturated heterocycles. The maximum Gasteiger partial charge on any atom is 0.119 e. The first kappa shape index (κ1) is 16.8.